The Morgan fingerprint density at radius 1 is 1.56 bits per heavy atom. The van der Waals surface area contributed by atoms with E-state index in [0.717, 1.165) is 19.5 Å². The molecule has 1 fully saturated rings. The minimum absolute atomic E-state index is 0.258. The van der Waals surface area contributed by atoms with E-state index in [1.165, 1.54) is 19.1 Å². The number of methoxy groups -OCH3 is 1. The summed E-state index contributed by atoms with van der Waals surface area (Å²) in [5.74, 6) is 0.444. The molecule has 0 radical (unpaired) electrons. The summed E-state index contributed by atoms with van der Waals surface area (Å²) in [7, 11) is 1.41. The third-order valence-electron chi connectivity index (χ3n) is 3.03. The summed E-state index contributed by atoms with van der Waals surface area (Å²) >= 11 is 0. The maximum absolute atomic E-state index is 11.4. The molecule has 2 rings (SSSR count). The van der Waals surface area contributed by atoms with Gasteiger partial charge in [-0.3, -0.25) is 0 Å². The number of carbonyl (C=O) groups is 1. The Balaban J connectivity index is 2.06. The van der Waals surface area contributed by atoms with Gasteiger partial charge in [-0.2, -0.15) is 0 Å². The van der Waals surface area contributed by atoms with Crippen LogP contribution in [0.25, 0.3) is 0 Å². The second-order valence-corrected chi connectivity index (χ2v) is 4.25. The van der Waals surface area contributed by atoms with Crippen LogP contribution in [0.1, 0.15) is 22.3 Å². The van der Waals surface area contributed by atoms with Gasteiger partial charge in [-0.05, 0) is 49.5 Å². The van der Waals surface area contributed by atoms with E-state index in [-0.39, 0.29) is 5.97 Å². The van der Waals surface area contributed by atoms with Crippen LogP contribution in [0.15, 0.2) is 24.3 Å². The predicted octanol–water partition coefficient (Wildman–Crippen LogP) is 1.63. The van der Waals surface area contributed by atoms with Crippen molar-refractivity contribution in [1.82, 2.24) is 5.32 Å². The lowest BCUT2D eigenvalue weighted by atomic mass is 9.97. The van der Waals surface area contributed by atoms with Crippen LogP contribution in [0.4, 0.5) is 0 Å². The highest BCUT2D eigenvalue weighted by atomic mass is 16.5. The predicted molar refractivity (Wildman–Crippen MR) is 62.5 cm³/mol. The highest BCUT2D eigenvalue weighted by molar-refractivity contribution is 5.89. The molecular formula is C13H17NO2. The summed E-state index contributed by atoms with van der Waals surface area (Å²) in [4.78, 5) is 11.4. The van der Waals surface area contributed by atoms with Crippen LogP contribution < -0.4 is 5.32 Å². The Morgan fingerprint density at radius 3 is 3.12 bits per heavy atom. The Hall–Kier alpha value is -1.35. The molecule has 1 atom stereocenters. The minimum atomic E-state index is -0.258. The van der Waals surface area contributed by atoms with E-state index in [2.05, 4.69) is 11.4 Å². The molecular weight excluding hydrogens is 202 g/mol. The lowest BCUT2D eigenvalue weighted by Gasteiger charge is -2.09. The summed E-state index contributed by atoms with van der Waals surface area (Å²) in [6.45, 7) is 2.20. The first kappa shape index (κ1) is 11.1. The van der Waals surface area contributed by atoms with Crippen molar-refractivity contribution < 1.29 is 9.53 Å². The van der Waals surface area contributed by atoms with Gasteiger partial charge in [0.25, 0.3) is 0 Å². The molecule has 0 spiro atoms. The first-order chi connectivity index (χ1) is 7.79. The molecule has 0 bridgehead atoms. The first-order valence-electron chi connectivity index (χ1n) is 5.67. The zero-order valence-corrected chi connectivity index (χ0v) is 9.53. The number of hydrogen-bond donors (Lipinski definition) is 1. The molecule has 16 heavy (non-hydrogen) atoms. The van der Waals surface area contributed by atoms with E-state index in [1.807, 2.05) is 12.1 Å². The summed E-state index contributed by atoms with van der Waals surface area (Å²) in [6, 6.07) is 7.72. The molecule has 1 aliphatic rings. The molecule has 0 unspecified atom stereocenters. The van der Waals surface area contributed by atoms with Gasteiger partial charge in [0.2, 0.25) is 0 Å². The van der Waals surface area contributed by atoms with Crippen LogP contribution in [-0.4, -0.2) is 26.2 Å². The van der Waals surface area contributed by atoms with E-state index in [4.69, 9.17) is 4.74 Å². The van der Waals surface area contributed by atoms with Gasteiger partial charge in [0.05, 0.1) is 12.7 Å². The second-order valence-electron chi connectivity index (χ2n) is 4.25. The smallest absolute Gasteiger partial charge is 0.337 e. The van der Waals surface area contributed by atoms with Gasteiger partial charge in [-0.1, -0.05) is 12.1 Å². The summed E-state index contributed by atoms with van der Waals surface area (Å²) < 4.78 is 4.71. The number of nitrogens with one attached hydrogen (secondary N) is 1. The van der Waals surface area contributed by atoms with Crippen molar-refractivity contribution in [1.29, 1.82) is 0 Å². The largest absolute Gasteiger partial charge is 0.465 e. The van der Waals surface area contributed by atoms with Crippen molar-refractivity contribution in [3.63, 3.8) is 0 Å². The van der Waals surface area contributed by atoms with E-state index in [0.29, 0.717) is 11.5 Å². The van der Waals surface area contributed by atoms with Crippen LogP contribution in [0, 0.1) is 5.92 Å². The molecule has 1 heterocycles. The van der Waals surface area contributed by atoms with Gasteiger partial charge in [-0.25, -0.2) is 4.79 Å². The number of ether oxygens (including phenoxy) is 1. The highest BCUT2D eigenvalue weighted by Gasteiger charge is 2.15. The molecule has 1 aromatic rings. The standard InChI is InChI=1S/C13H17NO2/c1-16-13(15)12-4-2-3-10(8-12)7-11-5-6-14-9-11/h2-4,8,11,14H,5-7,9H2,1H3/t11-/m1/s1. The summed E-state index contributed by atoms with van der Waals surface area (Å²) in [6.07, 6.45) is 2.26. The third kappa shape index (κ3) is 2.61. The van der Waals surface area contributed by atoms with E-state index in [1.54, 1.807) is 6.07 Å². The minimum Gasteiger partial charge on any atom is -0.465 e. The fourth-order valence-electron chi connectivity index (χ4n) is 2.17. The van der Waals surface area contributed by atoms with Gasteiger partial charge in [0.1, 0.15) is 0 Å². The molecule has 1 aliphatic heterocycles. The molecule has 3 heteroatoms. The molecule has 1 aromatic carbocycles. The SMILES string of the molecule is COC(=O)c1cccc(C[C@H]2CCNC2)c1. The third-order valence-corrected chi connectivity index (χ3v) is 3.03. The van der Waals surface area contributed by atoms with Gasteiger partial charge in [-0.15, -0.1) is 0 Å². The fourth-order valence-corrected chi connectivity index (χ4v) is 2.17. The Kier molecular flexibility index (Phi) is 3.57. The maximum Gasteiger partial charge on any atom is 0.337 e. The molecule has 0 aromatic heterocycles. The molecule has 86 valence electrons. The number of hydrogen-bond acceptors (Lipinski definition) is 3. The average Bonchev–Trinajstić information content (AvgIpc) is 2.81. The summed E-state index contributed by atoms with van der Waals surface area (Å²) in [5, 5.41) is 3.35. The number of esters is 1. The van der Waals surface area contributed by atoms with Crippen molar-refractivity contribution in [2.75, 3.05) is 20.2 Å². The van der Waals surface area contributed by atoms with Crippen molar-refractivity contribution in [3.8, 4) is 0 Å². The van der Waals surface area contributed by atoms with Gasteiger partial charge < -0.3 is 10.1 Å². The van der Waals surface area contributed by atoms with Gasteiger partial charge in [0.15, 0.2) is 0 Å². The van der Waals surface area contributed by atoms with Crippen molar-refractivity contribution in [2.24, 2.45) is 5.92 Å². The topological polar surface area (TPSA) is 38.3 Å². The normalized spacial score (nSPS) is 19.7. The van der Waals surface area contributed by atoms with Crippen LogP contribution in [-0.2, 0) is 11.2 Å². The zero-order valence-electron chi connectivity index (χ0n) is 9.53. The highest BCUT2D eigenvalue weighted by Crippen LogP contribution is 2.16. The lowest BCUT2D eigenvalue weighted by Crippen LogP contribution is -2.11. The van der Waals surface area contributed by atoms with Crippen LogP contribution in [0.2, 0.25) is 0 Å². The van der Waals surface area contributed by atoms with Crippen molar-refractivity contribution in [2.45, 2.75) is 12.8 Å². The molecule has 0 amide bonds. The van der Waals surface area contributed by atoms with Crippen LogP contribution in [0.3, 0.4) is 0 Å². The molecule has 0 aliphatic carbocycles. The number of carbonyl (C=O) groups excluding carboxylic acids is 1. The van der Waals surface area contributed by atoms with Crippen LogP contribution >= 0.6 is 0 Å². The van der Waals surface area contributed by atoms with E-state index in [9.17, 15) is 4.79 Å². The molecule has 0 saturated carbocycles. The Bertz CT molecular complexity index is 370. The summed E-state index contributed by atoms with van der Waals surface area (Å²) in [5.41, 5.74) is 1.86. The zero-order chi connectivity index (χ0) is 11.4. The van der Waals surface area contributed by atoms with Gasteiger partial charge >= 0.3 is 5.97 Å². The Labute approximate surface area is 95.8 Å². The molecule has 1 saturated heterocycles. The van der Waals surface area contributed by atoms with E-state index >= 15 is 0 Å². The maximum atomic E-state index is 11.4. The second kappa shape index (κ2) is 5.12. The molecule has 1 N–H and O–H groups in total. The number of benzene rings is 1. The first-order valence-corrected chi connectivity index (χ1v) is 5.67. The quantitative estimate of drug-likeness (QED) is 0.785. The van der Waals surface area contributed by atoms with Crippen molar-refractivity contribution in [3.05, 3.63) is 35.4 Å². The Morgan fingerprint density at radius 2 is 2.44 bits per heavy atom. The van der Waals surface area contributed by atoms with E-state index < -0.39 is 0 Å². The lowest BCUT2D eigenvalue weighted by molar-refractivity contribution is 0.0600. The van der Waals surface area contributed by atoms with Crippen LogP contribution in [0.5, 0.6) is 0 Å². The van der Waals surface area contributed by atoms with Gasteiger partial charge in [0, 0.05) is 0 Å². The molecule has 3 nitrogen and oxygen atoms in total. The monoisotopic (exact) mass is 219 g/mol. The average molecular weight is 219 g/mol. The number of rotatable bonds is 3. The van der Waals surface area contributed by atoms with Crippen molar-refractivity contribution >= 4 is 5.97 Å². The fraction of sp³-hybridized carbons (Fsp3) is 0.462.